The molecule has 0 aromatic heterocycles. The Morgan fingerprint density at radius 3 is 2.73 bits per heavy atom. The van der Waals surface area contributed by atoms with Crippen molar-refractivity contribution in [2.24, 2.45) is 0 Å². The van der Waals surface area contributed by atoms with Gasteiger partial charge in [0.05, 0.1) is 26.6 Å². The van der Waals surface area contributed by atoms with E-state index in [-0.39, 0.29) is 36.7 Å². The molecule has 1 aromatic rings. The van der Waals surface area contributed by atoms with Crippen LogP contribution in [0.1, 0.15) is 17.9 Å². The number of ether oxygens (including phenoxy) is 3. The Morgan fingerprint density at radius 2 is 2.08 bits per heavy atom. The quantitative estimate of drug-likeness (QED) is 0.669. The van der Waals surface area contributed by atoms with Gasteiger partial charge in [-0.2, -0.15) is 0 Å². The predicted molar refractivity (Wildman–Crippen MR) is 96.1 cm³/mol. The fourth-order valence-electron chi connectivity index (χ4n) is 2.58. The molecule has 9 heteroatoms. The summed E-state index contributed by atoms with van der Waals surface area (Å²) in [5.41, 5.74) is 0.751. The van der Waals surface area contributed by atoms with Crippen LogP contribution >= 0.6 is 11.8 Å². The summed E-state index contributed by atoms with van der Waals surface area (Å²) in [4.78, 5) is 37.2. The summed E-state index contributed by atoms with van der Waals surface area (Å²) in [6.07, 6.45) is 0. The standard InChI is InChI=1S/C17H22N2O6S/c1-4-25-15(22)8-18-13(20)9-19-14(21)10-26-17(19)11-6-5-7-12(23-2)16(11)24-3/h5-7,17H,4,8-10H2,1-3H3,(H,18,20). The Kier molecular flexibility index (Phi) is 7.14. The van der Waals surface area contributed by atoms with Crippen LogP contribution in [0.2, 0.25) is 0 Å². The van der Waals surface area contributed by atoms with Crippen LogP contribution in [0, 0.1) is 0 Å². The minimum absolute atomic E-state index is 0.156. The highest BCUT2D eigenvalue weighted by molar-refractivity contribution is 8.00. The summed E-state index contributed by atoms with van der Waals surface area (Å²) < 4.78 is 15.5. The molecule has 26 heavy (non-hydrogen) atoms. The van der Waals surface area contributed by atoms with Crippen molar-refractivity contribution in [1.29, 1.82) is 0 Å². The van der Waals surface area contributed by atoms with Gasteiger partial charge in [-0.25, -0.2) is 0 Å². The lowest BCUT2D eigenvalue weighted by molar-refractivity contribution is -0.143. The number of rotatable bonds is 8. The number of thioether (sulfide) groups is 1. The van der Waals surface area contributed by atoms with E-state index < -0.39 is 11.9 Å². The first-order chi connectivity index (χ1) is 12.5. The number of esters is 1. The molecule has 1 saturated heterocycles. The lowest BCUT2D eigenvalue weighted by atomic mass is 10.1. The highest BCUT2D eigenvalue weighted by Gasteiger charge is 2.36. The van der Waals surface area contributed by atoms with Crippen molar-refractivity contribution < 1.29 is 28.6 Å². The maximum atomic E-state index is 12.2. The molecule has 1 heterocycles. The SMILES string of the molecule is CCOC(=O)CNC(=O)CN1C(=O)CSC1c1cccc(OC)c1OC. The van der Waals surface area contributed by atoms with E-state index in [1.165, 1.54) is 30.9 Å². The van der Waals surface area contributed by atoms with Crippen molar-refractivity contribution in [2.45, 2.75) is 12.3 Å². The molecule has 142 valence electrons. The smallest absolute Gasteiger partial charge is 0.325 e. The lowest BCUT2D eigenvalue weighted by Crippen LogP contribution is -2.41. The molecule has 0 saturated carbocycles. The molecule has 1 unspecified atom stereocenters. The topological polar surface area (TPSA) is 94.2 Å². The largest absolute Gasteiger partial charge is 0.493 e. The van der Waals surface area contributed by atoms with Gasteiger partial charge in [0, 0.05) is 5.56 Å². The number of nitrogens with zero attached hydrogens (tertiary/aromatic N) is 1. The van der Waals surface area contributed by atoms with E-state index in [2.05, 4.69) is 5.32 Å². The molecule has 0 aliphatic carbocycles. The van der Waals surface area contributed by atoms with Crippen LogP contribution in [-0.2, 0) is 19.1 Å². The highest BCUT2D eigenvalue weighted by atomic mass is 32.2. The number of nitrogens with one attached hydrogen (secondary N) is 1. The van der Waals surface area contributed by atoms with Gasteiger partial charge in [0.15, 0.2) is 11.5 Å². The lowest BCUT2D eigenvalue weighted by Gasteiger charge is -2.25. The molecule has 1 atom stereocenters. The Morgan fingerprint density at radius 1 is 1.31 bits per heavy atom. The predicted octanol–water partition coefficient (Wildman–Crippen LogP) is 0.957. The fourth-order valence-corrected chi connectivity index (χ4v) is 3.79. The van der Waals surface area contributed by atoms with Gasteiger partial charge in [-0.05, 0) is 13.0 Å². The summed E-state index contributed by atoms with van der Waals surface area (Å²) in [5, 5.41) is 2.09. The van der Waals surface area contributed by atoms with Crippen LogP contribution in [-0.4, -0.2) is 62.4 Å². The molecule has 2 amide bonds. The summed E-state index contributed by atoms with van der Waals surface area (Å²) in [5.74, 6) is 0.234. The second kappa shape index (κ2) is 9.33. The van der Waals surface area contributed by atoms with E-state index in [4.69, 9.17) is 14.2 Å². The van der Waals surface area contributed by atoms with Crippen LogP contribution in [0.5, 0.6) is 11.5 Å². The van der Waals surface area contributed by atoms with E-state index in [0.717, 1.165) is 5.56 Å². The maximum Gasteiger partial charge on any atom is 0.325 e. The molecule has 0 spiro atoms. The van der Waals surface area contributed by atoms with Crippen molar-refractivity contribution in [3.8, 4) is 11.5 Å². The average Bonchev–Trinajstić information content (AvgIpc) is 2.99. The van der Waals surface area contributed by atoms with Gasteiger partial charge < -0.3 is 24.4 Å². The number of benzene rings is 1. The summed E-state index contributed by atoms with van der Waals surface area (Å²) in [6.45, 7) is 1.55. The highest BCUT2D eigenvalue weighted by Crippen LogP contribution is 2.45. The average molecular weight is 382 g/mol. The second-order valence-corrected chi connectivity index (χ2v) is 6.42. The molecule has 1 aliphatic rings. The molecule has 8 nitrogen and oxygen atoms in total. The van der Waals surface area contributed by atoms with E-state index in [1.807, 2.05) is 6.07 Å². The third-order valence-electron chi connectivity index (χ3n) is 3.72. The zero-order chi connectivity index (χ0) is 19.1. The van der Waals surface area contributed by atoms with Gasteiger partial charge in [-0.1, -0.05) is 12.1 Å². The van der Waals surface area contributed by atoms with E-state index in [0.29, 0.717) is 11.5 Å². The maximum absolute atomic E-state index is 12.2. The molecular formula is C17H22N2O6S. The van der Waals surface area contributed by atoms with Crippen LogP contribution in [0.3, 0.4) is 0 Å². The first-order valence-corrected chi connectivity index (χ1v) is 9.11. The third-order valence-corrected chi connectivity index (χ3v) is 4.95. The summed E-state index contributed by atoms with van der Waals surface area (Å²) in [6, 6.07) is 5.40. The molecular weight excluding hydrogens is 360 g/mol. The number of methoxy groups -OCH3 is 2. The molecule has 1 aromatic carbocycles. The zero-order valence-corrected chi connectivity index (χ0v) is 15.8. The summed E-state index contributed by atoms with van der Waals surface area (Å²) in [7, 11) is 3.06. The van der Waals surface area contributed by atoms with Crippen molar-refractivity contribution in [2.75, 3.05) is 39.7 Å². The van der Waals surface area contributed by atoms with Gasteiger partial charge in [0.2, 0.25) is 11.8 Å². The fraction of sp³-hybridized carbons (Fsp3) is 0.471. The van der Waals surface area contributed by atoms with E-state index in [1.54, 1.807) is 19.1 Å². The molecule has 0 bridgehead atoms. The minimum atomic E-state index is -0.519. The van der Waals surface area contributed by atoms with Gasteiger partial charge >= 0.3 is 5.97 Å². The number of para-hydroxylation sites is 1. The zero-order valence-electron chi connectivity index (χ0n) is 14.9. The van der Waals surface area contributed by atoms with Gasteiger partial charge in [-0.15, -0.1) is 11.8 Å². The number of hydrogen-bond acceptors (Lipinski definition) is 7. The van der Waals surface area contributed by atoms with E-state index in [9.17, 15) is 14.4 Å². The van der Waals surface area contributed by atoms with Crippen molar-refractivity contribution in [3.63, 3.8) is 0 Å². The monoisotopic (exact) mass is 382 g/mol. The number of carbonyl (C=O) groups excluding carboxylic acids is 3. The Bertz CT molecular complexity index is 681. The molecule has 1 fully saturated rings. The minimum Gasteiger partial charge on any atom is -0.493 e. The molecule has 2 rings (SSSR count). The van der Waals surface area contributed by atoms with Gasteiger partial charge in [0.1, 0.15) is 18.5 Å². The van der Waals surface area contributed by atoms with Crippen LogP contribution in [0.4, 0.5) is 0 Å². The normalized spacial score (nSPS) is 16.3. The van der Waals surface area contributed by atoms with Crippen LogP contribution < -0.4 is 14.8 Å². The van der Waals surface area contributed by atoms with Crippen LogP contribution in [0.25, 0.3) is 0 Å². The molecule has 1 aliphatic heterocycles. The van der Waals surface area contributed by atoms with Gasteiger partial charge in [-0.3, -0.25) is 14.4 Å². The molecule has 1 N–H and O–H groups in total. The third kappa shape index (κ3) is 4.60. The number of carbonyl (C=O) groups is 3. The van der Waals surface area contributed by atoms with Crippen LogP contribution in [0.15, 0.2) is 18.2 Å². The van der Waals surface area contributed by atoms with Crippen molar-refractivity contribution in [3.05, 3.63) is 23.8 Å². The molecule has 0 radical (unpaired) electrons. The first kappa shape index (κ1) is 19.9. The second-order valence-electron chi connectivity index (χ2n) is 5.35. The van der Waals surface area contributed by atoms with E-state index >= 15 is 0 Å². The Labute approximate surface area is 156 Å². The first-order valence-electron chi connectivity index (χ1n) is 8.06. The number of hydrogen-bond donors (Lipinski definition) is 1. The summed E-state index contributed by atoms with van der Waals surface area (Å²) >= 11 is 1.40. The van der Waals surface area contributed by atoms with Gasteiger partial charge in [0.25, 0.3) is 0 Å². The van der Waals surface area contributed by atoms with Crippen molar-refractivity contribution in [1.82, 2.24) is 10.2 Å². The number of amides is 2. The Balaban J connectivity index is 2.12. The van der Waals surface area contributed by atoms with Crippen molar-refractivity contribution >= 4 is 29.5 Å². The Hall–Kier alpha value is -2.42.